The van der Waals surface area contributed by atoms with Gasteiger partial charge in [-0.25, -0.2) is 9.97 Å². The van der Waals surface area contributed by atoms with Crippen molar-refractivity contribution in [1.82, 2.24) is 15.3 Å². The summed E-state index contributed by atoms with van der Waals surface area (Å²) < 4.78 is 0. The summed E-state index contributed by atoms with van der Waals surface area (Å²) in [6.45, 7) is 0.447. The van der Waals surface area contributed by atoms with Gasteiger partial charge in [0.05, 0.1) is 22.6 Å². The van der Waals surface area contributed by atoms with Gasteiger partial charge in [0.25, 0.3) is 11.8 Å². The van der Waals surface area contributed by atoms with Crippen LogP contribution in [-0.2, 0) is 0 Å². The fraction of sp³-hybridized carbons (Fsp3) is 0.800. The third-order valence-electron chi connectivity index (χ3n) is 9.01. The zero-order valence-corrected chi connectivity index (χ0v) is 20.5. The number of nitrogens with one attached hydrogen (secondary N) is 1. The van der Waals surface area contributed by atoms with Crippen LogP contribution in [0.2, 0.25) is 0 Å². The van der Waals surface area contributed by atoms with Crippen LogP contribution in [0.15, 0.2) is 6.20 Å². The molecule has 34 heavy (non-hydrogen) atoms. The molecule has 6 fully saturated rings. The molecule has 7 rings (SSSR count). The average molecular weight is 489 g/mol. The van der Waals surface area contributed by atoms with Crippen LogP contribution >= 0.6 is 11.8 Å². The number of hydrogen-bond donors (Lipinski definition) is 4. The molecule has 6 aliphatic rings. The van der Waals surface area contributed by atoms with Crippen LogP contribution < -0.4 is 10.2 Å². The lowest BCUT2D eigenvalue weighted by molar-refractivity contribution is -0.142. The second-order valence-corrected chi connectivity index (χ2v) is 12.6. The number of thioether (sulfide) groups is 1. The summed E-state index contributed by atoms with van der Waals surface area (Å²) in [5.41, 5.74) is 0.749. The van der Waals surface area contributed by atoms with E-state index in [1.165, 1.54) is 23.1 Å². The molecule has 8 nitrogen and oxygen atoms in total. The zero-order valence-electron chi connectivity index (χ0n) is 19.7. The molecule has 5 aliphatic carbocycles. The van der Waals surface area contributed by atoms with Crippen molar-refractivity contribution in [2.45, 2.75) is 87.7 Å². The second-order valence-electron chi connectivity index (χ2n) is 11.5. The Balaban J connectivity index is 1.28. The molecule has 1 aromatic rings. The van der Waals surface area contributed by atoms with Gasteiger partial charge in [-0.05, 0) is 62.7 Å². The highest BCUT2D eigenvalue weighted by atomic mass is 32.2. The standard InChI is InChI=1S/C25H36N4O4S/c30-22(27-20-17-8-15-9-18(20)12-24(31,10-15)11-17)19-13-26-23(29-6-7-34-14-25(29,32)33)28-21(19)16-4-2-1-3-5-16/h13,15-18,20,31-33H,1-12,14H2,(H,27,30). The van der Waals surface area contributed by atoms with Crippen LogP contribution in [0.5, 0.6) is 0 Å². The zero-order chi connectivity index (χ0) is 23.5. The number of rotatable bonds is 4. The van der Waals surface area contributed by atoms with Gasteiger partial charge in [-0.1, -0.05) is 19.3 Å². The van der Waals surface area contributed by atoms with Crippen molar-refractivity contribution < 1.29 is 20.1 Å². The first-order chi connectivity index (χ1) is 16.3. The molecule has 2 atom stereocenters. The Morgan fingerprint density at radius 1 is 1.09 bits per heavy atom. The van der Waals surface area contributed by atoms with Gasteiger partial charge >= 0.3 is 0 Å². The van der Waals surface area contributed by atoms with Crippen molar-refractivity contribution in [3.63, 3.8) is 0 Å². The molecule has 2 heterocycles. The topological polar surface area (TPSA) is 119 Å². The van der Waals surface area contributed by atoms with Crippen LogP contribution in [0.3, 0.4) is 0 Å². The first-order valence-corrected chi connectivity index (χ1v) is 14.2. The van der Waals surface area contributed by atoms with E-state index in [9.17, 15) is 20.1 Å². The van der Waals surface area contributed by atoms with Crippen LogP contribution in [-0.4, -0.2) is 66.8 Å². The number of carbonyl (C=O) groups is 1. The highest BCUT2D eigenvalue weighted by Crippen LogP contribution is 2.55. The summed E-state index contributed by atoms with van der Waals surface area (Å²) >= 11 is 1.49. The number of nitrogens with zero attached hydrogens (tertiary/aromatic N) is 3. The Labute approximate surface area is 204 Å². The molecule has 1 saturated heterocycles. The number of anilines is 1. The van der Waals surface area contributed by atoms with Gasteiger partial charge in [0.15, 0.2) is 0 Å². The Kier molecular flexibility index (Phi) is 5.82. The van der Waals surface area contributed by atoms with E-state index in [0.717, 1.165) is 69.2 Å². The van der Waals surface area contributed by atoms with Gasteiger partial charge in [0, 0.05) is 30.5 Å². The van der Waals surface area contributed by atoms with Crippen molar-refractivity contribution >= 4 is 23.6 Å². The van der Waals surface area contributed by atoms with Crippen LogP contribution in [0.4, 0.5) is 5.95 Å². The molecule has 1 aromatic heterocycles. The monoisotopic (exact) mass is 488 g/mol. The normalized spacial score (nSPS) is 37.1. The van der Waals surface area contributed by atoms with Gasteiger partial charge < -0.3 is 20.6 Å². The Hall–Kier alpha value is -1.42. The maximum atomic E-state index is 13.6. The third kappa shape index (κ3) is 4.12. The molecule has 0 aromatic carbocycles. The molecule has 1 amide bonds. The van der Waals surface area contributed by atoms with Crippen molar-refractivity contribution in [2.75, 3.05) is 23.0 Å². The van der Waals surface area contributed by atoms with E-state index in [0.29, 0.717) is 35.8 Å². The summed E-state index contributed by atoms with van der Waals surface area (Å²) in [7, 11) is 0. The first-order valence-electron chi connectivity index (χ1n) is 13.0. The maximum Gasteiger partial charge on any atom is 0.258 e. The lowest BCUT2D eigenvalue weighted by atomic mass is 9.52. The SMILES string of the molecule is O=C(NC1C2CC3CC1CC(O)(C3)C2)c1cnc(N2CCSCC2(O)O)nc1C1CCCCC1. The number of aliphatic hydroxyl groups is 3. The molecule has 0 radical (unpaired) electrons. The fourth-order valence-corrected chi connectivity index (χ4v) is 8.59. The van der Waals surface area contributed by atoms with Crippen LogP contribution in [0, 0.1) is 17.8 Å². The van der Waals surface area contributed by atoms with E-state index in [1.54, 1.807) is 6.20 Å². The minimum Gasteiger partial charge on any atom is -0.390 e. The lowest BCUT2D eigenvalue weighted by Gasteiger charge is -2.58. The van der Waals surface area contributed by atoms with E-state index in [1.807, 2.05) is 0 Å². The summed E-state index contributed by atoms with van der Waals surface area (Å²) in [6, 6.07) is 0.102. The van der Waals surface area contributed by atoms with Crippen molar-refractivity contribution in [3.8, 4) is 0 Å². The molecule has 186 valence electrons. The highest BCUT2D eigenvalue weighted by molar-refractivity contribution is 7.99. The molecule has 1 aliphatic heterocycles. The third-order valence-corrected chi connectivity index (χ3v) is 10.1. The molecule has 0 spiro atoms. The van der Waals surface area contributed by atoms with Crippen LogP contribution in [0.1, 0.15) is 86.2 Å². The van der Waals surface area contributed by atoms with Gasteiger partial charge in [0.2, 0.25) is 5.95 Å². The summed E-state index contributed by atoms with van der Waals surface area (Å²) in [5.74, 6) is 0.585. The van der Waals surface area contributed by atoms with E-state index >= 15 is 0 Å². The molecular weight excluding hydrogens is 452 g/mol. The second kappa shape index (κ2) is 8.61. The largest absolute Gasteiger partial charge is 0.390 e. The summed E-state index contributed by atoms with van der Waals surface area (Å²) in [6.07, 6.45) is 11.7. The summed E-state index contributed by atoms with van der Waals surface area (Å²) in [5, 5.41) is 35.3. The Bertz CT molecular complexity index is 937. The van der Waals surface area contributed by atoms with Gasteiger partial charge in [0.1, 0.15) is 0 Å². The van der Waals surface area contributed by atoms with E-state index in [2.05, 4.69) is 10.3 Å². The quantitative estimate of drug-likeness (QED) is 0.477. The molecule has 5 saturated carbocycles. The highest BCUT2D eigenvalue weighted by Gasteiger charge is 2.55. The Morgan fingerprint density at radius 3 is 2.50 bits per heavy atom. The minimum absolute atomic E-state index is 0.102. The number of hydrogen-bond acceptors (Lipinski definition) is 8. The van der Waals surface area contributed by atoms with Gasteiger partial charge in [-0.15, -0.1) is 0 Å². The molecule has 4 N–H and O–H groups in total. The Morgan fingerprint density at radius 2 is 1.82 bits per heavy atom. The first kappa shape index (κ1) is 23.0. The molecular formula is C25H36N4O4S. The van der Waals surface area contributed by atoms with Crippen LogP contribution in [0.25, 0.3) is 0 Å². The minimum atomic E-state index is -1.99. The summed E-state index contributed by atoms with van der Waals surface area (Å²) in [4.78, 5) is 24.4. The predicted molar refractivity (Wildman–Crippen MR) is 129 cm³/mol. The van der Waals surface area contributed by atoms with E-state index in [-0.39, 0.29) is 23.6 Å². The van der Waals surface area contributed by atoms with E-state index in [4.69, 9.17) is 4.98 Å². The smallest absolute Gasteiger partial charge is 0.258 e. The molecule has 2 unspecified atom stereocenters. The molecule has 9 heteroatoms. The predicted octanol–water partition coefficient (Wildman–Crippen LogP) is 2.39. The lowest BCUT2D eigenvalue weighted by Crippen LogP contribution is -2.61. The average Bonchev–Trinajstić information content (AvgIpc) is 2.80. The van der Waals surface area contributed by atoms with Crippen molar-refractivity contribution in [3.05, 3.63) is 17.5 Å². The number of carbonyl (C=O) groups excluding carboxylic acids is 1. The van der Waals surface area contributed by atoms with Crippen molar-refractivity contribution in [1.29, 1.82) is 0 Å². The number of aromatic nitrogens is 2. The van der Waals surface area contributed by atoms with Gasteiger partial charge in [-0.2, -0.15) is 11.8 Å². The fourth-order valence-electron chi connectivity index (χ4n) is 7.71. The maximum absolute atomic E-state index is 13.6. The van der Waals surface area contributed by atoms with E-state index < -0.39 is 11.5 Å². The molecule has 4 bridgehead atoms. The van der Waals surface area contributed by atoms with Crippen molar-refractivity contribution in [2.24, 2.45) is 17.8 Å². The number of amides is 1. The van der Waals surface area contributed by atoms with Gasteiger partial charge in [-0.3, -0.25) is 9.69 Å².